The molecule has 6 aromatic carbocycles. The van der Waals surface area contributed by atoms with Gasteiger partial charge >= 0.3 is 0 Å². The Kier molecular flexibility index (Phi) is 6.39. The summed E-state index contributed by atoms with van der Waals surface area (Å²) in [6.45, 7) is 0. The zero-order valence-corrected chi connectivity index (χ0v) is 26.7. The highest BCUT2D eigenvalue weighted by Crippen LogP contribution is 2.43. The van der Waals surface area contributed by atoms with Crippen molar-refractivity contribution in [2.24, 2.45) is 0 Å². The number of benzene rings is 6. The molecule has 0 spiro atoms. The standard InChI is InChI=1S/C44H27N5O/c1-3-13-28(14-4-1)42-46-43(29-15-5-2-6-16-29)48-44(47-42)35-27-30(25-26-45-35)49-36-21-9-7-17-33(36)40-31(19-11-22-37(40)49)32-20-12-24-39-41(32)34-18-8-10-23-38(34)50-39/h1-27H. The molecule has 4 heterocycles. The maximum Gasteiger partial charge on any atom is 0.182 e. The molecule has 0 radical (unpaired) electrons. The van der Waals surface area contributed by atoms with Gasteiger partial charge in [0.1, 0.15) is 16.9 Å². The predicted octanol–water partition coefficient (Wildman–Crippen LogP) is 10.9. The Morgan fingerprint density at radius 2 is 1.02 bits per heavy atom. The number of hydrogen-bond acceptors (Lipinski definition) is 5. The zero-order valence-electron chi connectivity index (χ0n) is 26.7. The smallest absolute Gasteiger partial charge is 0.182 e. The second-order valence-electron chi connectivity index (χ2n) is 12.3. The van der Waals surface area contributed by atoms with Crippen LogP contribution in [0.3, 0.4) is 0 Å². The highest BCUT2D eigenvalue weighted by molar-refractivity contribution is 6.20. The van der Waals surface area contributed by atoms with Gasteiger partial charge < -0.3 is 8.98 Å². The van der Waals surface area contributed by atoms with Gasteiger partial charge in [-0.3, -0.25) is 4.98 Å². The van der Waals surface area contributed by atoms with E-state index in [0.29, 0.717) is 23.2 Å². The monoisotopic (exact) mass is 641 g/mol. The summed E-state index contributed by atoms with van der Waals surface area (Å²) in [6, 6.07) is 53.8. The lowest BCUT2D eigenvalue weighted by atomic mass is 9.95. The van der Waals surface area contributed by atoms with Gasteiger partial charge in [0.25, 0.3) is 0 Å². The van der Waals surface area contributed by atoms with Crippen molar-refractivity contribution in [3.63, 3.8) is 0 Å². The first kappa shape index (κ1) is 28.1. The molecule has 234 valence electrons. The fourth-order valence-corrected chi connectivity index (χ4v) is 7.12. The van der Waals surface area contributed by atoms with Crippen LogP contribution in [0.1, 0.15) is 0 Å². The van der Waals surface area contributed by atoms with Crippen LogP contribution in [0.2, 0.25) is 0 Å². The molecular formula is C44H27N5O. The van der Waals surface area contributed by atoms with Gasteiger partial charge in [-0.2, -0.15) is 0 Å². The molecule has 0 saturated heterocycles. The van der Waals surface area contributed by atoms with Crippen molar-refractivity contribution < 1.29 is 4.42 Å². The molecule has 6 heteroatoms. The number of rotatable bonds is 5. The van der Waals surface area contributed by atoms with Crippen LogP contribution in [0.15, 0.2) is 168 Å². The lowest BCUT2D eigenvalue weighted by Gasteiger charge is -2.11. The van der Waals surface area contributed by atoms with E-state index in [1.54, 1.807) is 0 Å². The molecule has 0 N–H and O–H groups in total. The van der Waals surface area contributed by atoms with Crippen LogP contribution in [0.4, 0.5) is 0 Å². The minimum Gasteiger partial charge on any atom is -0.456 e. The largest absolute Gasteiger partial charge is 0.456 e. The number of para-hydroxylation sites is 2. The second-order valence-corrected chi connectivity index (χ2v) is 12.3. The Hall–Kier alpha value is -6.92. The number of hydrogen-bond donors (Lipinski definition) is 0. The normalized spacial score (nSPS) is 11.6. The Morgan fingerprint density at radius 3 is 1.78 bits per heavy atom. The molecule has 0 aliphatic heterocycles. The summed E-state index contributed by atoms with van der Waals surface area (Å²) in [7, 11) is 0. The van der Waals surface area contributed by atoms with Crippen molar-refractivity contribution >= 4 is 43.7 Å². The SMILES string of the molecule is c1ccc(-c2nc(-c3ccccc3)nc(-c3cc(-n4c5ccccc5c5c(-c6cccc7oc8ccccc8c67)cccc54)ccn3)n2)cc1. The Bertz CT molecular complexity index is 2820. The van der Waals surface area contributed by atoms with Crippen molar-refractivity contribution in [3.8, 4) is 51.1 Å². The zero-order chi connectivity index (χ0) is 33.0. The van der Waals surface area contributed by atoms with E-state index in [0.717, 1.165) is 60.9 Å². The summed E-state index contributed by atoms with van der Waals surface area (Å²) in [5, 5.41) is 4.58. The molecule has 50 heavy (non-hydrogen) atoms. The maximum absolute atomic E-state index is 6.29. The third-order valence-electron chi connectivity index (χ3n) is 9.32. The third-order valence-corrected chi connectivity index (χ3v) is 9.32. The Balaban J connectivity index is 1.19. The molecule has 0 amide bonds. The average molecular weight is 642 g/mol. The van der Waals surface area contributed by atoms with Gasteiger partial charge in [0.15, 0.2) is 17.5 Å². The van der Waals surface area contributed by atoms with Crippen molar-refractivity contribution in [3.05, 3.63) is 164 Å². The molecule has 0 aliphatic rings. The van der Waals surface area contributed by atoms with Crippen molar-refractivity contribution in [1.82, 2.24) is 24.5 Å². The molecular weight excluding hydrogens is 615 g/mol. The van der Waals surface area contributed by atoms with E-state index in [2.05, 4.69) is 77.4 Å². The molecule has 0 bridgehead atoms. The minimum atomic E-state index is 0.513. The first-order chi connectivity index (χ1) is 24.8. The van der Waals surface area contributed by atoms with Crippen LogP contribution in [-0.2, 0) is 0 Å². The van der Waals surface area contributed by atoms with E-state index in [1.165, 1.54) is 10.8 Å². The first-order valence-corrected chi connectivity index (χ1v) is 16.6. The van der Waals surface area contributed by atoms with Crippen LogP contribution < -0.4 is 0 Å². The molecule has 0 saturated carbocycles. The number of fused-ring (bicyclic) bond motifs is 6. The van der Waals surface area contributed by atoms with E-state index in [-0.39, 0.29) is 0 Å². The summed E-state index contributed by atoms with van der Waals surface area (Å²) in [6.07, 6.45) is 1.83. The molecule has 0 unspecified atom stereocenters. The molecule has 0 atom stereocenters. The number of aromatic nitrogens is 5. The predicted molar refractivity (Wildman–Crippen MR) is 201 cm³/mol. The van der Waals surface area contributed by atoms with E-state index >= 15 is 0 Å². The molecule has 0 fully saturated rings. The third kappa shape index (κ3) is 4.50. The van der Waals surface area contributed by atoms with Gasteiger partial charge in [0.05, 0.1) is 11.0 Å². The van der Waals surface area contributed by atoms with Crippen LogP contribution in [-0.4, -0.2) is 24.5 Å². The first-order valence-electron chi connectivity index (χ1n) is 16.6. The molecule has 6 nitrogen and oxygen atoms in total. The summed E-state index contributed by atoms with van der Waals surface area (Å²) in [4.78, 5) is 19.6. The van der Waals surface area contributed by atoms with Gasteiger partial charge in [-0.15, -0.1) is 0 Å². The van der Waals surface area contributed by atoms with Crippen LogP contribution in [0, 0.1) is 0 Å². The fraction of sp³-hybridized carbons (Fsp3) is 0. The molecule has 4 aromatic heterocycles. The number of furan rings is 1. The molecule has 10 rings (SSSR count). The van der Waals surface area contributed by atoms with Gasteiger partial charge in [-0.25, -0.2) is 15.0 Å². The Morgan fingerprint density at radius 1 is 0.440 bits per heavy atom. The summed E-state index contributed by atoms with van der Waals surface area (Å²) in [5.41, 5.74) is 9.72. The molecule has 10 aromatic rings. The fourth-order valence-electron chi connectivity index (χ4n) is 7.12. The topological polar surface area (TPSA) is 69.6 Å². The number of nitrogens with zero attached hydrogens (tertiary/aromatic N) is 5. The van der Waals surface area contributed by atoms with Crippen molar-refractivity contribution in [2.75, 3.05) is 0 Å². The van der Waals surface area contributed by atoms with Crippen LogP contribution in [0.5, 0.6) is 0 Å². The maximum atomic E-state index is 6.29. The van der Waals surface area contributed by atoms with E-state index in [4.69, 9.17) is 24.4 Å². The van der Waals surface area contributed by atoms with Gasteiger partial charge in [-0.1, -0.05) is 121 Å². The summed E-state index contributed by atoms with van der Waals surface area (Å²) < 4.78 is 8.60. The summed E-state index contributed by atoms with van der Waals surface area (Å²) in [5.74, 6) is 1.72. The van der Waals surface area contributed by atoms with Crippen LogP contribution in [0.25, 0.3) is 94.9 Å². The van der Waals surface area contributed by atoms with Crippen molar-refractivity contribution in [1.29, 1.82) is 0 Å². The lowest BCUT2D eigenvalue weighted by molar-refractivity contribution is 0.669. The Labute approximate surface area is 287 Å². The number of pyridine rings is 1. The lowest BCUT2D eigenvalue weighted by Crippen LogP contribution is -2.02. The van der Waals surface area contributed by atoms with E-state index < -0.39 is 0 Å². The highest BCUT2D eigenvalue weighted by Gasteiger charge is 2.20. The van der Waals surface area contributed by atoms with E-state index in [1.807, 2.05) is 91.1 Å². The second kappa shape index (κ2) is 11.4. The summed E-state index contributed by atoms with van der Waals surface area (Å²) >= 11 is 0. The van der Waals surface area contributed by atoms with E-state index in [9.17, 15) is 0 Å². The average Bonchev–Trinajstić information content (AvgIpc) is 3.75. The van der Waals surface area contributed by atoms with Gasteiger partial charge in [0.2, 0.25) is 0 Å². The van der Waals surface area contributed by atoms with Crippen molar-refractivity contribution in [2.45, 2.75) is 0 Å². The molecule has 0 aliphatic carbocycles. The van der Waals surface area contributed by atoms with Gasteiger partial charge in [-0.05, 0) is 47.5 Å². The minimum absolute atomic E-state index is 0.513. The quantitative estimate of drug-likeness (QED) is 0.187. The highest BCUT2D eigenvalue weighted by atomic mass is 16.3. The van der Waals surface area contributed by atoms with Gasteiger partial charge in [0, 0.05) is 44.6 Å². The van der Waals surface area contributed by atoms with Crippen LogP contribution >= 0.6 is 0 Å².